The zero-order valence-corrected chi connectivity index (χ0v) is 13.3. The van der Waals surface area contributed by atoms with Crippen LogP contribution < -0.4 is 5.32 Å². The molecule has 0 radical (unpaired) electrons. The number of aryl methyl sites for hydroxylation is 1. The zero-order valence-electron chi connectivity index (χ0n) is 12.5. The van der Waals surface area contributed by atoms with Crippen LogP contribution in [0.15, 0.2) is 6.20 Å². The van der Waals surface area contributed by atoms with Crippen molar-refractivity contribution in [1.82, 2.24) is 15.2 Å². The molecule has 0 bridgehead atoms. The third-order valence-electron chi connectivity index (χ3n) is 4.14. The summed E-state index contributed by atoms with van der Waals surface area (Å²) in [5.41, 5.74) is 0. The fourth-order valence-corrected chi connectivity index (χ4v) is 3.63. The molecule has 1 aliphatic heterocycles. The minimum Gasteiger partial charge on any atom is -0.308 e. The first-order valence-electron chi connectivity index (χ1n) is 7.59. The van der Waals surface area contributed by atoms with Gasteiger partial charge in [-0.05, 0) is 52.7 Å². The maximum absolute atomic E-state index is 4.51. The molecule has 0 aliphatic carbocycles. The standard InChI is InChI=1S/C15H27N3S/c1-4-14-11-17-15(19-14)12(2)16-9-8-13-7-5-6-10-18(13)3/h11-13,16H,4-10H2,1-3H3. The van der Waals surface area contributed by atoms with Gasteiger partial charge in [0.05, 0.1) is 6.04 Å². The molecule has 4 heteroatoms. The summed E-state index contributed by atoms with van der Waals surface area (Å²) in [4.78, 5) is 8.42. The molecule has 1 fully saturated rings. The molecule has 2 atom stereocenters. The van der Waals surface area contributed by atoms with E-state index >= 15 is 0 Å². The molecule has 3 nitrogen and oxygen atoms in total. The van der Waals surface area contributed by atoms with Gasteiger partial charge in [-0.1, -0.05) is 13.3 Å². The molecule has 2 unspecified atom stereocenters. The van der Waals surface area contributed by atoms with Crippen LogP contribution in [0.2, 0.25) is 0 Å². The van der Waals surface area contributed by atoms with Crippen LogP contribution in [0.25, 0.3) is 0 Å². The van der Waals surface area contributed by atoms with E-state index in [1.807, 2.05) is 17.5 Å². The molecule has 1 N–H and O–H groups in total. The molecular weight excluding hydrogens is 254 g/mol. The Bertz CT molecular complexity index is 377. The Hall–Kier alpha value is -0.450. The highest BCUT2D eigenvalue weighted by atomic mass is 32.1. The molecule has 0 amide bonds. The third kappa shape index (κ3) is 4.26. The maximum atomic E-state index is 4.51. The molecule has 1 aromatic rings. The van der Waals surface area contributed by atoms with Crippen molar-refractivity contribution in [2.75, 3.05) is 20.1 Å². The minimum atomic E-state index is 0.388. The number of piperidine rings is 1. The Morgan fingerprint density at radius 1 is 1.53 bits per heavy atom. The summed E-state index contributed by atoms with van der Waals surface area (Å²) >= 11 is 1.84. The van der Waals surface area contributed by atoms with Crippen molar-refractivity contribution < 1.29 is 0 Å². The van der Waals surface area contributed by atoms with Crippen molar-refractivity contribution in [3.63, 3.8) is 0 Å². The van der Waals surface area contributed by atoms with Gasteiger partial charge in [-0.25, -0.2) is 4.98 Å². The van der Waals surface area contributed by atoms with Gasteiger partial charge in [0.2, 0.25) is 0 Å². The first kappa shape index (κ1) is 14.9. The largest absolute Gasteiger partial charge is 0.308 e. The van der Waals surface area contributed by atoms with Crippen molar-refractivity contribution in [2.24, 2.45) is 0 Å². The van der Waals surface area contributed by atoms with E-state index < -0.39 is 0 Å². The van der Waals surface area contributed by atoms with Crippen LogP contribution in [0.4, 0.5) is 0 Å². The van der Waals surface area contributed by atoms with Crippen LogP contribution in [0.5, 0.6) is 0 Å². The first-order valence-corrected chi connectivity index (χ1v) is 8.40. The van der Waals surface area contributed by atoms with Crippen LogP contribution >= 0.6 is 11.3 Å². The van der Waals surface area contributed by atoms with Crippen LogP contribution in [-0.2, 0) is 6.42 Å². The number of likely N-dealkylation sites (tertiary alicyclic amines) is 1. The molecule has 1 aliphatic rings. The molecule has 19 heavy (non-hydrogen) atoms. The number of thiazole rings is 1. The lowest BCUT2D eigenvalue weighted by Crippen LogP contribution is -2.38. The summed E-state index contributed by atoms with van der Waals surface area (Å²) < 4.78 is 0. The zero-order chi connectivity index (χ0) is 13.7. The fourth-order valence-electron chi connectivity index (χ4n) is 2.75. The van der Waals surface area contributed by atoms with Crippen molar-refractivity contribution in [1.29, 1.82) is 0 Å². The summed E-state index contributed by atoms with van der Waals surface area (Å²) in [6.07, 6.45) is 8.51. The van der Waals surface area contributed by atoms with E-state index in [0.717, 1.165) is 19.0 Å². The van der Waals surface area contributed by atoms with Crippen molar-refractivity contribution in [3.8, 4) is 0 Å². The summed E-state index contributed by atoms with van der Waals surface area (Å²) in [5, 5.41) is 4.86. The number of hydrogen-bond acceptors (Lipinski definition) is 4. The lowest BCUT2D eigenvalue weighted by molar-refractivity contribution is 0.174. The Kier molecular flexibility index (Phi) is 5.79. The van der Waals surface area contributed by atoms with Crippen LogP contribution in [0.3, 0.4) is 0 Å². The van der Waals surface area contributed by atoms with Gasteiger partial charge in [0, 0.05) is 17.1 Å². The second-order valence-electron chi connectivity index (χ2n) is 5.61. The predicted octanol–water partition coefficient (Wildman–Crippen LogP) is 3.23. The van der Waals surface area contributed by atoms with Gasteiger partial charge < -0.3 is 10.2 Å². The van der Waals surface area contributed by atoms with Gasteiger partial charge in [-0.15, -0.1) is 11.3 Å². The average molecular weight is 281 g/mol. The molecule has 0 saturated carbocycles. The quantitative estimate of drug-likeness (QED) is 0.867. The second-order valence-corrected chi connectivity index (χ2v) is 6.76. The van der Waals surface area contributed by atoms with E-state index in [9.17, 15) is 0 Å². The molecular formula is C15H27N3S. The number of nitrogens with one attached hydrogen (secondary N) is 1. The van der Waals surface area contributed by atoms with E-state index in [4.69, 9.17) is 0 Å². The highest BCUT2D eigenvalue weighted by molar-refractivity contribution is 7.11. The second kappa shape index (κ2) is 7.36. The smallest absolute Gasteiger partial charge is 0.109 e. The monoisotopic (exact) mass is 281 g/mol. The van der Waals surface area contributed by atoms with Crippen molar-refractivity contribution in [2.45, 2.75) is 58.0 Å². The SMILES string of the molecule is CCc1cnc(C(C)NCCC2CCCCN2C)s1. The molecule has 2 rings (SSSR count). The average Bonchev–Trinajstić information content (AvgIpc) is 2.90. The number of aromatic nitrogens is 1. The topological polar surface area (TPSA) is 28.2 Å². The lowest BCUT2D eigenvalue weighted by Gasteiger charge is -2.32. The third-order valence-corrected chi connectivity index (χ3v) is 5.46. The number of hydrogen-bond donors (Lipinski definition) is 1. The minimum absolute atomic E-state index is 0.388. The fraction of sp³-hybridized carbons (Fsp3) is 0.800. The van der Waals surface area contributed by atoms with Gasteiger partial charge in [0.25, 0.3) is 0 Å². The van der Waals surface area contributed by atoms with Gasteiger partial charge in [0.1, 0.15) is 5.01 Å². The summed E-state index contributed by atoms with van der Waals surface area (Å²) in [5.74, 6) is 0. The molecule has 1 saturated heterocycles. The Balaban J connectivity index is 1.72. The van der Waals surface area contributed by atoms with E-state index in [1.54, 1.807) is 0 Å². The first-order chi connectivity index (χ1) is 9.20. The highest BCUT2D eigenvalue weighted by Crippen LogP contribution is 2.21. The molecule has 1 aromatic heterocycles. The van der Waals surface area contributed by atoms with Gasteiger partial charge in [-0.2, -0.15) is 0 Å². The van der Waals surface area contributed by atoms with Gasteiger partial charge in [-0.3, -0.25) is 0 Å². The Morgan fingerprint density at radius 2 is 2.37 bits per heavy atom. The summed E-state index contributed by atoms with van der Waals surface area (Å²) in [7, 11) is 2.27. The maximum Gasteiger partial charge on any atom is 0.109 e. The number of rotatable bonds is 6. The van der Waals surface area contributed by atoms with Gasteiger partial charge in [0.15, 0.2) is 0 Å². The Morgan fingerprint density at radius 3 is 3.05 bits per heavy atom. The Labute approximate surface area is 121 Å². The van der Waals surface area contributed by atoms with Crippen LogP contribution in [0.1, 0.15) is 55.5 Å². The summed E-state index contributed by atoms with van der Waals surface area (Å²) in [6.45, 7) is 6.78. The van der Waals surface area contributed by atoms with Gasteiger partial charge >= 0.3 is 0 Å². The van der Waals surface area contributed by atoms with Crippen molar-refractivity contribution in [3.05, 3.63) is 16.1 Å². The molecule has 0 spiro atoms. The van der Waals surface area contributed by atoms with E-state index in [-0.39, 0.29) is 0 Å². The highest BCUT2D eigenvalue weighted by Gasteiger charge is 2.18. The molecule has 0 aromatic carbocycles. The van der Waals surface area contributed by atoms with E-state index in [2.05, 4.69) is 36.1 Å². The van der Waals surface area contributed by atoms with Crippen LogP contribution in [0, 0.1) is 0 Å². The molecule has 108 valence electrons. The van der Waals surface area contributed by atoms with Crippen LogP contribution in [-0.4, -0.2) is 36.1 Å². The predicted molar refractivity (Wildman–Crippen MR) is 82.8 cm³/mol. The van der Waals surface area contributed by atoms with Crippen molar-refractivity contribution >= 4 is 11.3 Å². The molecule has 2 heterocycles. The summed E-state index contributed by atoms with van der Waals surface area (Å²) in [6, 6.07) is 1.16. The van der Waals surface area contributed by atoms with E-state index in [0.29, 0.717) is 6.04 Å². The normalized spacial score (nSPS) is 22.6. The van der Waals surface area contributed by atoms with E-state index in [1.165, 1.54) is 42.1 Å². The lowest BCUT2D eigenvalue weighted by atomic mass is 10.00. The number of nitrogens with zero attached hydrogens (tertiary/aromatic N) is 2.